The quantitative estimate of drug-likeness (QED) is 0.113. The van der Waals surface area contributed by atoms with Gasteiger partial charge in [-0.25, -0.2) is 4.79 Å². The summed E-state index contributed by atoms with van der Waals surface area (Å²) >= 11 is 1.52. The molecule has 0 aromatic carbocycles. The molecule has 0 aromatic rings. The number of hydrogen-bond donors (Lipinski definition) is 7. The summed E-state index contributed by atoms with van der Waals surface area (Å²) in [6.45, 7) is 4.45. The van der Waals surface area contributed by atoms with Crippen molar-refractivity contribution in [2.75, 3.05) is 25.1 Å². The first-order valence-corrected chi connectivity index (χ1v) is 13.3. The summed E-state index contributed by atoms with van der Waals surface area (Å²) in [6.07, 6.45) is 5.61. The highest BCUT2D eigenvalue weighted by molar-refractivity contribution is 7.98. The minimum Gasteiger partial charge on any atom is -0.480 e. The van der Waals surface area contributed by atoms with E-state index >= 15 is 0 Å². The summed E-state index contributed by atoms with van der Waals surface area (Å²) in [6, 6.07) is -3.66. The van der Waals surface area contributed by atoms with Crippen molar-refractivity contribution in [2.24, 2.45) is 23.1 Å². The molecule has 0 radical (unpaired) electrons. The van der Waals surface area contributed by atoms with Crippen LogP contribution in [0.15, 0.2) is 0 Å². The molecule has 0 aliphatic carbocycles. The molecule has 0 saturated heterocycles. The first-order valence-electron chi connectivity index (χ1n) is 11.9. The Kier molecular flexibility index (Phi) is 17.4. The number of rotatable bonds is 19. The number of carboxylic acids is 1. The highest BCUT2D eigenvalue weighted by Gasteiger charge is 2.31. The molecule has 4 atom stereocenters. The fraction of sp³-hybridized carbons (Fsp3) is 0.818. The number of unbranched alkanes of at least 4 members (excludes halogenated alkanes) is 2. The van der Waals surface area contributed by atoms with Gasteiger partial charge in [0.15, 0.2) is 0 Å². The zero-order valence-corrected chi connectivity index (χ0v) is 21.5. The second-order valence-electron chi connectivity index (χ2n) is 8.65. The van der Waals surface area contributed by atoms with E-state index in [1.165, 1.54) is 11.8 Å². The molecule has 11 nitrogen and oxygen atoms in total. The summed E-state index contributed by atoms with van der Waals surface area (Å²) in [4.78, 5) is 49.9. The van der Waals surface area contributed by atoms with E-state index in [0.29, 0.717) is 50.9 Å². The maximum Gasteiger partial charge on any atom is 0.326 e. The van der Waals surface area contributed by atoms with Crippen molar-refractivity contribution in [2.45, 2.75) is 83.0 Å². The van der Waals surface area contributed by atoms with Crippen LogP contribution in [0.4, 0.5) is 0 Å². The molecule has 10 N–H and O–H groups in total. The lowest BCUT2D eigenvalue weighted by atomic mass is 10.0. The molecule has 0 spiro atoms. The molecule has 0 aliphatic heterocycles. The summed E-state index contributed by atoms with van der Waals surface area (Å²) in [5.74, 6) is -2.38. The SMILES string of the molecule is CSCCC(NC(=O)C(N)CCCCN)C(=O)NC(C(=O)NC(CCCCN)C(=O)O)C(C)C. The average Bonchev–Trinajstić information content (AvgIpc) is 2.78. The molecule has 0 fully saturated rings. The number of nitrogens with one attached hydrogen (secondary N) is 3. The van der Waals surface area contributed by atoms with Gasteiger partial charge in [-0.15, -0.1) is 0 Å². The van der Waals surface area contributed by atoms with Crippen LogP contribution in [0.2, 0.25) is 0 Å². The zero-order chi connectivity index (χ0) is 26.1. The maximum absolute atomic E-state index is 13.0. The molecule has 0 bridgehead atoms. The molecular formula is C22H44N6O5S. The van der Waals surface area contributed by atoms with Crippen LogP contribution in [0.3, 0.4) is 0 Å². The highest BCUT2D eigenvalue weighted by Crippen LogP contribution is 2.09. The highest BCUT2D eigenvalue weighted by atomic mass is 32.2. The monoisotopic (exact) mass is 504 g/mol. The van der Waals surface area contributed by atoms with E-state index in [1.54, 1.807) is 13.8 Å². The normalized spacial score (nSPS) is 14.7. The van der Waals surface area contributed by atoms with Crippen molar-refractivity contribution in [1.29, 1.82) is 0 Å². The molecule has 12 heteroatoms. The molecule has 0 rings (SSSR count). The third-order valence-electron chi connectivity index (χ3n) is 5.36. The van der Waals surface area contributed by atoms with Gasteiger partial charge in [0.05, 0.1) is 6.04 Å². The number of nitrogens with two attached hydrogens (primary N) is 3. The Bertz CT molecular complexity index is 637. The van der Waals surface area contributed by atoms with E-state index in [-0.39, 0.29) is 12.3 Å². The van der Waals surface area contributed by atoms with Crippen LogP contribution in [0.5, 0.6) is 0 Å². The first kappa shape index (κ1) is 32.1. The Balaban J connectivity index is 5.25. The number of carboxylic acid groups (broad SMARTS) is 1. The molecule has 0 heterocycles. The van der Waals surface area contributed by atoms with Crippen molar-refractivity contribution in [1.82, 2.24) is 16.0 Å². The smallest absolute Gasteiger partial charge is 0.326 e. The van der Waals surface area contributed by atoms with Crippen LogP contribution in [-0.4, -0.2) is 78.1 Å². The number of aliphatic carboxylic acids is 1. The summed E-state index contributed by atoms with van der Waals surface area (Å²) < 4.78 is 0. The van der Waals surface area contributed by atoms with Gasteiger partial charge in [0.1, 0.15) is 18.1 Å². The third kappa shape index (κ3) is 13.1. The van der Waals surface area contributed by atoms with Crippen molar-refractivity contribution in [3.8, 4) is 0 Å². The number of carbonyl (C=O) groups excluding carboxylic acids is 3. The van der Waals surface area contributed by atoms with Crippen molar-refractivity contribution >= 4 is 35.5 Å². The topological polar surface area (TPSA) is 203 Å². The molecule has 3 amide bonds. The lowest BCUT2D eigenvalue weighted by Gasteiger charge is -2.27. The maximum atomic E-state index is 13.0. The van der Waals surface area contributed by atoms with Gasteiger partial charge in [-0.05, 0) is 69.5 Å². The molecular weight excluding hydrogens is 460 g/mol. The largest absolute Gasteiger partial charge is 0.480 e. The fourth-order valence-electron chi connectivity index (χ4n) is 3.22. The fourth-order valence-corrected chi connectivity index (χ4v) is 3.69. The van der Waals surface area contributed by atoms with Gasteiger partial charge in [-0.3, -0.25) is 14.4 Å². The Hall–Kier alpha value is -1.89. The van der Waals surface area contributed by atoms with Gasteiger partial charge in [0, 0.05) is 0 Å². The van der Waals surface area contributed by atoms with E-state index in [1.807, 2.05) is 6.26 Å². The van der Waals surface area contributed by atoms with Crippen molar-refractivity contribution in [3.63, 3.8) is 0 Å². The predicted molar refractivity (Wildman–Crippen MR) is 135 cm³/mol. The van der Waals surface area contributed by atoms with Crippen LogP contribution in [0.1, 0.15) is 58.8 Å². The first-order chi connectivity index (χ1) is 16.1. The van der Waals surface area contributed by atoms with Gasteiger partial charge in [-0.1, -0.05) is 20.3 Å². The van der Waals surface area contributed by atoms with Gasteiger partial charge in [-0.2, -0.15) is 11.8 Å². The molecule has 0 aromatic heterocycles. The van der Waals surface area contributed by atoms with E-state index < -0.39 is 47.9 Å². The number of carbonyl (C=O) groups is 4. The lowest BCUT2D eigenvalue weighted by Crippen LogP contribution is -2.58. The second kappa shape index (κ2) is 18.4. The number of amides is 3. The summed E-state index contributed by atoms with van der Waals surface area (Å²) in [5.41, 5.74) is 16.9. The Morgan fingerprint density at radius 2 is 1.35 bits per heavy atom. The second-order valence-corrected chi connectivity index (χ2v) is 9.63. The van der Waals surface area contributed by atoms with Crippen molar-refractivity contribution < 1.29 is 24.3 Å². The molecule has 4 unspecified atom stereocenters. The van der Waals surface area contributed by atoms with Gasteiger partial charge >= 0.3 is 5.97 Å². The van der Waals surface area contributed by atoms with Crippen LogP contribution in [0, 0.1) is 5.92 Å². The number of hydrogen-bond acceptors (Lipinski definition) is 8. The van der Waals surface area contributed by atoms with Gasteiger partial charge < -0.3 is 38.3 Å². The Morgan fingerprint density at radius 3 is 1.85 bits per heavy atom. The third-order valence-corrected chi connectivity index (χ3v) is 6.00. The van der Waals surface area contributed by atoms with Gasteiger partial charge in [0.2, 0.25) is 17.7 Å². The average molecular weight is 505 g/mol. The minimum absolute atomic E-state index is 0.242. The summed E-state index contributed by atoms with van der Waals surface area (Å²) in [7, 11) is 0. The van der Waals surface area contributed by atoms with Crippen LogP contribution < -0.4 is 33.2 Å². The van der Waals surface area contributed by atoms with Crippen LogP contribution in [0.25, 0.3) is 0 Å². The van der Waals surface area contributed by atoms with E-state index in [4.69, 9.17) is 17.2 Å². The Morgan fingerprint density at radius 1 is 0.794 bits per heavy atom. The van der Waals surface area contributed by atoms with Crippen molar-refractivity contribution in [3.05, 3.63) is 0 Å². The Labute approximate surface area is 207 Å². The van der Waals surface area contributed by atoms with Crippen LogP contribution in [-0.2, 0) is 19.2 Å². The molecule has 0 aliphatic rings. The molecule has 0 saturated carbocycles. The van der Waals surface area contributed by atoms with E-state index in [0.717, 1.165) is 6.42 Å². The zero-order valence-electron chi connectivity index (χ0n) is 20.7. The van der Waals surface area contributed by atoms with Gasteiger partial charge in [0.25, 0.3) is 0 Å². The standard InChI is InChI=1S/C22H44N6O5S/c1-14(2)18(21(31)27-17(22(32)33)9-5-7-12-24)28-20(30)16(10-13-34-3)26-19(29)15(25)8-4-6-11-23/h14-18H,4-13,23-25H2,1-3H3,(H,26,29)(H,27,31)(H,28,30)(H,32,33). The van der Waals surface area contributed by atoms with Crippen LogP contribution >= 0.6 is 11.8 Å². The minimum atomic E-state index is -1.15. The van der Waals surface area contributed by atoms with E-state index in [9.17, 15) is 24.3 Å². The molecule has 34 heavy (non-hydrogen) atoms. The predicted octanol–water partition coefficient (Wildman–Crippen LogP) is -0.480. The molecule has 198 valence electrons. The summed E-state index contributed by atoms with van der Waals surface area (Å²) in [5, 5.41) is 17.3. The number of thioether (sulfide) groups is 1. The van der Waals surface area contributed by atoms with E-state index in [2.05, 4.69) is 16.0 Å². The lowest BCUT2D eigenvalue weighted by molar-refractivity contribution is -0.142.